The number of benzene rings is 1. The highest BCUT2D eigenvalue weighted by molar-refractivity contribution is 5.95. The number of nitrogens with zero attached hydrogens (tertiary/aromatic N) is 1. The van der Waals surface area contributed by atoms with E-state index in [1.807, 2.05) is 0 Å². The van der Waals surface area contributed by atoms with Crippen molar-refractivity contribution in [2.24, 2.45) is 5.92 Å². The summed E-state index contributed by atoms with van der Waals surface area (Å²) in [4.78, 5) is 13.6. The molecule has 0 aromatic heterocycles. The van der Waals surface area contributed by atoms with E-state index >= 15 is 0 Å². The molecule has 1 N–H and O–H groups in total. The summed E-state index contributed by atoms with van der Waals surface area (Å²) in [6.45, 7) is 2.32. The lowest BCUT2D eigenvalue weighted by Gasteiger charge is -2.19. The van der Waals surface area contributed by atoms with Crippen LogP contribution in [0, 0.1) is 17.6 Å². The van der Waals surface area contributed by atoms with Gasteiger partial charge in [-0.25, -0.2) is 8.78 Å². The second-order valence-electron chi connectivity index (χ2n) is 4.98. The number of hydrogen-bond donors (Lipinski definition) is 1. The average molecular weight is 285 g/mol. The van der Waals surface area contributed by atoms with Crippen LogP contribution in [0.25, 0.3) is 0 Å². The number of likely N-dealkylation sites (tertiary alicyclic amines) is 1. The number of carbonyl (C=O) groups excluding carboxylic acids is 1. The zero-order valence-corrected chi connectivity index (χ0v) is 11.4. The van der Waals surface area contributed by atoms with Gasteiger partial charge in [0.25, 0.3) is 5.91 Å². The Morgan fingerprint density at radius 2 is 2.20 bits per heavy atom. The minimum absolute atomic E-state index is 0.0596. The smallest absolute Gasteiger partial charge is 0.259 e. The highest BCUT2D eigenvalue weighted by Gasteiger charge is 2.32. The fraction of sp³-hybridized carbons (Fsp3) is 0.500. The van der Waals surface area contributed by atoms with Crippen molar-refractivity contribution in [3.05, 3.63) is 29.3 Å². The van der Waals surface area contributed by atoms with Crippen LogP contribution in [0.3, 0.4) is 0 Å². The molecular formula is C14H17F2NO3. The molecule has 1 saturated heterocycles. The number of halogens is 2. The van der Waals surface area contributed by atoms with Crippen LogP contribution < -0.4 is 4.74 Å². The van der Waals surface area contributed by atoms with Gasteiger partial charge in [-0.2, -0.15) is 0 Å². The lowest BCUT2D eigenvalue weighted by molar-refractivity contribution is 0.0752. The number of ether oxygens (including phenoxy) is 1. The van der Waals surface area contributed by atoms with E-state index in [-0.39, 0.29) is 11.7 Å². The van der Waals surface area contributed by atoms with E-state index in [9.17, 15) is 18.7 Å². The van der Waals surface area contributed by atoms with Crippen LogP contribution in [0.2, 0.25) is 0 Å². The zero-order valence-electron chi connectivity index (χ0n) is 11.4. The van der Waals surface area contributed by atoms with E-state index in [1.54, 1.807) is 6.92 Å². The molecular weight excluding hydrogens is 268 g/mol. The monoisotopic (exact) mass is 285 g/mol. The molecule has 0 spiro atoms. The summed E-state index contributed by atoms with van der Waals surface area (Å²) in [5, 5.41) is 9.51. The molecule has 0 saturated carbocycles. The van der Waals surface area contributed by atoms with Gasteiger partial charge in [0, 0.05) is 19.0 Å². The molecule has 1 heterocycles. The number of methoxy groups -OCH3 is 1. The number of aliphatic hydroxyl groups excluding tert-OH is 1. The molecule has 1 amide bonds. The topological polar surface area (TPSA) is 49.8 Å². The number of aliphatic hydroxyl groups is 1. The first-order chi connectivity index (χ1) is 9.45. The second kappa shape index (κ2) is 5.75. The van der Waals surface area contributed by atoms with E-state index in [0.717, 1.165) is 12.1 Å². The maximum absolute atomic E-state index is 14.0. The number of rotatable bonds is 3. The molecule has 0 radical (unpaired) electrons. The third kappa shape index (κ3) is 2.60. The van der Waals surface area contributed by atoms with Crippen molar-refractivity contribution in [1.82, 2.24) is 4.90 Å². The van der Waals surface area contributed by atoms with Crippen LogP contribution in [-0.4, -0.2) is 42.2 Å². The Morgan fingerprint density at radius 3 is 2.75 bits per heavy atom. The van der Waals surface area contributed by atoms with Crippen molar-refractivity contribution in [3.63, 3.8) is 0 Å². The minimum Gasteiger partial charge on any atom is -0.494 e. The molecule has 20 heavy (non-hydrogen) atoms. The fourth-order valence-electron chi connectivity index (χ4n) is 2.41. The van der Waals surface area contributed by atoms with Gasteiger partial charge < -0.3 is 14.7 Å². The molecule has 1 aliphatic rings. The van der Waals surface area contributed by atoms with Crippen LogP contribution in [0.4, 0.5) is 8.78 Å². The fourth-order valence-corrected chi connectivity index (χ4v) is 2.41. The first kappa shape index (κ1) is 14.7. The summed E-state index contributed by atoms with van der Waals surface area (Å²) in [5.41, 5.74) is -0.601. The minimum atomic E-state index is -0.988. The molecule has 2 unspecified atom stereocenters. The Kier molecular flexibility index (Phi) is 4.23. The Labute approximate surface area is 116 Å². The Morgan fingerprint density at radius 1 is 1.50 bits per heavy atom. The van der Waals surface area contributed by atoms with Gasteiger partial charge >= 0.3 is 0 Å². The Hall–Kier alpha value is -1.69. The summed E-state index contributed by atoms with van der Waals surface area (Å²) in [5.74, 6) is -2.83. The molecule has 1 aliphatic heterocycles. The van der Waals surface area contributed by atoms with Crippen LogP contribution >= 0.6 is 0 Å². The SMILES string of the molecule is COc1ccc(F)c(C(=O)N2CCC(C(C)O)C2)c1F. The van der Waals surface area contributed by atoms with Gasteiger partial charge in [0.05, 0.1) is 13.2 Å². The predicted molar refractivity (Wildman–Crippen MR) is 68.6 cm³/mol. The van der Waals surface area contributed by atoms with E-state index in [1.165, 1.54) is 12.0 Å². The van der Waals surface area contributed by atoms with Crippen LogP contribution in [0.15, 0.2) is 12.1 Å². The number of hydrogen-bond acceptors (Lipinski definition) is 3. The van der Waals surface area contributed by atoms with Crippen molar-refractivity contribution in [2.75, 3.05) is 20.2 Å². The summed E-state index contributed by atoms with van der Waals surface area (Å²) >= 11 is 0. The van der Waals surface area contributed by atoms with Crippen LogP contribution in [0.1, 0.15) is 23.7 Å². The normalized spacial score (nSPS) is 20.1. The van der Waals surface area contributed by atoms with E-state index in [4.69, 9.17) is 4.74 Å². The molecule has 0 aliphatic carbocycles. The van der Waals surface area contributed by atoms with Gasteiger partial charge in [0.2, 0.25) is 0 Å². The summed E-state index contributed by atoms with van der Waals surface area (Å²) in [6.07, 6.45) is 0.0733. The van der Waals surface area contributed by atoms with E-state index in [0.29, 0.717) is 19.5 Å². The quantitative estimate of drug-likeness (QED) is 0.921. The predicted octanol–water partition coefficient (Wildman–Crippen LogP) is 1.82. The van der Waals surface area contributed by atoms with Gasteiger partial charge in [0.1, 0.15) is 11.4 Å². The molecule has 2 atom stereocenters. The number of amides is 1. The van der Waals surface area contributed by atoms with Crippen molar-refractivity contribution in [3.8, 4) is 5.75 Å². The second-order valence-corrected chi connectivity index (χ2v) is 4.98. The molecule has 2 rings (SSSR count). The largest absolute Gasteiger partial charge is 0.494 e. The van der Waals surface area contributed by atoms with Crippen molar-refractivity contribution < 1.29 is 23.4 Å². The van der Waals surface area contributed by atoms with Gasteiger partial charge in [0.15, 0.2) is 11.6 Å². The standard InChI is InChI=1S/C14H17F2NO3/c1-8(18)9-5-6-17(7-9)14(19)12-10(15)3-4-11(20-2)13(12)16/h3-4,8-9,18H,5-7H2,1-2H3. The molecule has 1 fully saturated rings. The van der Waals surface area contributed by atoms with Gasteiger partial charge in [-0.05, 0) is 25.5 Å². The highest BCUT2D eigenvalue weighted by atomic mass is 19.1. The molecule has 4 nitrogen and oxygen atoms in total. The van der Waals surface area contributed by atoms with Crippen molar-refractivity contribution in [2.45, 2.75) is 19.4 Å². The summed E-state index contributed by atoms with van der Waals surface area (Å²) in [6, 6.07) is 2.15. The molecule has 1 aromatic rings. The molecule has 1 aromatic carbocycles. The van der Waals surface area contributed by atoms with Crippen LogP contribution in [0.5, 0.6) is 5.75 Å². The van der Waals surface area contributed by atoms with Crippen molar-refractivity contribution in [1.29, 1.82) is 0 Å². The van der Waals surface area contributed by atoms with Gasteiger partial charge in [-0.1, -0.05) is 0 Å². The van der Waals surface area contributed by atoms with Gasteiger partial charge in [-0.15, -0.1) is 0 Å². The first-order valence-electron chi connectivity index (χ1n) is 6.45. The number of carbonyl (C=O) groups is 1. The lowest BCUT2D eigenvalue weighted by atomic mass is 10.0. The van der Waals surface area contributed by atoms with Crippen LogP contribution in [-0.2, 0) is 0 Å². The Balaban J connectivity index is 2.26. The Bertz CT molecular complexity index is 519. The van der Waals surface area contributed by atoms with E-state index < -0.39 is 29.2 Å². The third-order valence-electron chi connectivity index (χ3n) is 3.68. The zero-order chi connectivity index (χ0) is 14.9. The summed E-state index contributed by atoms with van der Waals surface area (Å²) < 4.78 is 32.5. The van der Waals surface area contributed by atoms with E-state index in [2.05, 4.69) is 0 Å². The third-order valence-corrected chi connectivity index (χ3v) is 3.68. The molecule has 6 heteroatoms. The maximum atomic E-state index is 14.0. The summed E-state index contributed by atoms with van der Waals surface area (Å²) in [7, 11) is 1.25. The van der Waals surface area contributed by atoms with Gasteiger partial charge in [-0.3, -0.25) is 4.79 Å². The lowest BCUT2D eigenvalue weighted by Crippen LogP contribution is -2.31. The van der Waals surface area contributed by atoms with Crippen molar-refractivity contribution >= 4 is 5.91 Å². The average Bonchev–Trinajstić information content (AvgIpc) is 2.88. The first-order valence-corrected chi connectivity index (χ1v) is 6.45. The maximum Gasteiger partial charge on any atom is 0.259 e. The highest BCUT2D eigenvalue weighted by Crippen LogP contribution is 2.27. The molecule has 110 valence electrons. The molecule has 0 bridgehead atoms.